The number of nitrogens with one attached hydrogen (secondary N) is 1. The van der Waals surface area contributed by atoms with Crippen LogP contribution in [0, 0.1) is 0 Å². The topological polar surface area (TPSA) is 15.3 Å². The summed E-state index contributed by atoms with van der Waals surface area (Å²) in [5.41, 5.74) is 0. The van der Waals surface area contributed by atoms with Crippen molar-refractivity contribution in [2.45, 2.75) is 52.1 Å². The Morgan fingerprint density at radius 1 is 1.38 bits per heavy atom. The van der Waals surface area contributed by atoms with E-state index in [4.69, 9.17) is 0 Å². The van der Waals surface area contributed by atoms with E-state index in [9.17, 15) is 0 Å². The highest BCUT2D eigenvalue weighted by atomic mass is 15.2. The fraction of sp³-hybridized carbons (Fsp3) is 1.00. The van der Waals surface area contributed by atoms with Crippen molar-refractivity contribution in [2.75, 3.05) is 19.6 Å². The van der Waals surface area contributed by atoms with Gasteiger partial charge in [0.05, 0.1) is 0 Å². The highest BCUT2D eigenvalue weighted by molar-refractivity contribution is 4.86. The van der Waals surface area contributed by atoms with Crippen LogP contribution in [0.4, 0.5) is 0 Å². The third kappa shape index (κ3) is 2.96. The second kappa shape index (κ2) is 5.61. The first-order chi connectivity index (χ1) is 6.29. The predicted molar refractivity (Wildman–Crippen MR) is 58.0 cm³/mol. The average Bonchev–Trinajstić information content (AvgIpc) is 2.07. The summed E-state index contributed by atoms with van der Waals surface area (Å²) in [6.07, 6.45) is 3.94. The Morgan fingerprint density at radius 3 is 2.46 bits per heavy atom. The molecule has 1 N–H and O–H groups in total. The lowest BCUT2D eigenvalue weighted by atomic mass is 10.1. The van der Waals surface area contributed by atoms with Crippen molar-refractivity contribution in [2.24, 2.45) is 0 Å². The second-order valence-corrected chi connectivity index (χ2v) is 4.16. The predicted octanol–water partition coefficient (Wildman–Crippen LogP) is 1.86. The smallest absolute Gasteiger partial charge is 0.0348 e. The van der Waals surface area contributed by atoms with E-state index in [1.54, 1.807) is 0 Å². The molecule has 0 spiro atoms. The molecule has 1 atom stereocenters. The Kier molecular flexibility index (Phi) is 4.74. The molecule has 1 fully saturated rings. The Hall–Kier alpha value is -0.0800. The van der Waals surface area contributed by atoms with Crippen molar-refractivity contribution < 1.29 is 0 Å². The molecule has 0 bridgehead atoms. The normalized spacial score (nSPS) is 20.3. The molecule has 0 aromatic rings. The first kappa shape index (κ1) is 11.0. The highest BCUT2D eigenvalue weighted by Crippen LogP contribution is 2.13. The van der Waals surface area contributed by atoms with Crippen molar-refractivity contribution in [1.29, 1.82) is 0 Å². The van der Waals surface area contributed by atoms with Gasteiger partial charge < -0.3 is 5.32 Å². The van der Waals surface area contributed by atoms with Crippen molar-refractivity contribution in [3.63, 3.8) is 0 Å². The molecule has 1 aliphatic rings. The lowest BCUT2D eigenvalue weighted by Crippen LogP contribution is -2.59. The molecule has 0 aromatic heterocycles. The van der Waals surface area contributed by atoms with Gasteiger partial charge >= 0.3 is 0 Å². The minimum atomic E-state index is 0.763. The molecule has 78 valence electrons. The van der Waals surface area contributed by atoms with E-state index in [1.807, 2.05) is 0 Å². The van der Waals surface area contributed by atoms with E-state index < -0.39 is 0 Å². The summed E-state index contributed by atoms with van der Waals surface area (Å²) >= 11 is 0. The largest absolute Gasteiger partial charge is 0.314 e. The zero-order valence-corrected chi connectivity index (χ0v) is 9.34. The number of hydrogen-bond acceptors (Lipinski definition) is 2. The Bertz CT molecular complexity index is 127. The molecule has 1 heterocycles. The summed E-state index contributed by atoms with van der Waals surface area (Å²) in [6, 6.07) is 1.58. The van der Waals surface area contributed by atoms with Crippen LogP contribution in [-0.4, -0.2) is 36.6 Å². The Balaban J connectivity index is 2.33. The molecule has 0 amide bonds. The third-order valence-electron chi connectivity index (χ3n) is 3.16. The van der Waals surface area contributed by atoms with Crippen LogP contribution in [0.3, 0.4) is 0 Å². The summed E-state index contributed by atoms with van der Waals surface area (Å²) in [5, 5.41) is 3.36. The summed E-state index contributed by atoms with van der Waals surface area (Å²) in [5.74, 6) is 0. The summed E-state index contributed by atoms with van der Waals surface area (Å²) in [7, 11) is 0. The van der Waals surface area contributed by atoms with Gasteiger partial charge in [0.15, 0.2) is 0 Å². The van der Waals surface area contributed by atoms with Gasteiger partial charge in [-0.2, -0.15) is 0 Å². The molecule has 0 aromatic carbocycles. The Morgan fingerprint density at radius 2 is 2.08 bits per heavy atom. The molecule has 2 heteroatoms. The molecule has 1 aliphatic heterocycles. The van der Waals surface area contributed by atoms with Crippen LogP contribution < -0.4 is 5.32 Å². The molecule has 0 radical (unpaired) electrons. The van der Waals surface area contributed by atoms with Crippen LogP contribution in [0.2, 0.25) is 0 Å². The molecule has 1 rings (SSSR count). The van der Waals surface area contributed by atoms with Gasteiger partial charge in [-0.15, -0.1) is 0 Å². The maximum Gasteiger partial charge on any atom is 0.0348 e. The van der Waals surface area contributed by atoms with Crippen molar-refractivity contribution in [1.82, 2.24) is 10.2 Å². The number of rotatable bonds is 6. The van der Waals surface area contributed by atoms with E-state index in [0.29, 0.717) is 0 Å². The first-order valence-corrected chi connectivity index (χ1v) is 5.76. The summed E-state index contributed by atoms with van der Waals surface area (Å²) < 4.78 is 0. The van der Waals surface area contributed by atoms with Gasteiger partial charge in [-0.1, -0.05) is 20.3 Å². The minimum absolute atomic E-state index is 0.763. The van der Waals surface area contributed by atoms with Gasteiger partial charge in [-0.3, -0.25) is 4.90 Å². The average molecular weight is 184 g/mol. The van der Waals surface area contributed by atoms with E-state index in [0.717, 1.165) is 12.1 Å². The van der Waals surface area contributed by atoms with Gasteiger partial charge in [0, 0.05) is 25.2 Å². The summed E-state index contributed by atoms with van der Waals surface area (Å²) in [6.45, 7) is 10.6. The molecule has 1 unspecified atom stereocenters. The van der Waals surface area contributed by atoms with Crippen molar-refractivity contribution in [3.8, 4) is 0 Å². The molecular weight excluding hydrogens is 160 g/mol. The molecule has 0 aliphatic carbocycles. The maximum atomic E-state index is 3.36. The van der Waals surface area contributed by atoms with Crippen LogP contribution in [0.25, 0.3) is 0 Å². The van der Waals surface area contributed by atoms with Gasteiger partial charge in [0.1, 0.15) is 0 Å². The highest BCUT2D eigenvalue weighted by Gasteiger charge is 2.26. The van der Waals surface area contributed by atoms with Crippen molar-refractivity contribution in [3.05, 3.63) is 0 Å². The lowest BCUT2D eigenvalue weighted by molar-refractivity contribution is 0.0988. The van der Waals surface area contributed by atoms with E-state index >= 15 is 0 Å². The standard InChI is InChI=1S/C11H24N2/c1-4-6-7-13(10(3)5-2)11-8-12-9-11/h10-12H,4-9H2,1-3H3. The van der Waals surface area contributed by atoms with Gasteiger partial charge in [-0.25, -0.2) is 0 Å². The van der Waals surface area contributed by atoms with Crippen LogP contribution in [0.5, 0.6) is 0 Å². The minimum Gasteiger partial charge on any atom is -0.314 e. The third-order valence-corrected chi connectivity index (χ3v) is 3.16. The van der Waals surface area contributed by atoms with Gasteiger partial charge in [-0.05, 0) is 26.3 Å². The van der Waals surface area contributed by atoms with Crippen LogP contribution in [0.1, 0.15) is 40.0 Å². The van der Waals surface area contributed by atoms with E-state index in [2.05, 4.69) is 31.0 Å². The molecule has 0 saturated carbocycles. The zero-order chi connectivity index (χ0) is 9.68. The molecule has 1 saturated heterocycles. The summed E-state index contributed by atoms with van der Waals surface area (Å²) in [4.78, 5) is 2.68. The van der Waals surface area contributed by atoms with Crippen LogP contribution in [0.15, 0.2) is 0 Å². The molecular formula is C11H24N2. The zero-order valence-electron chi connectivity index (χ0n) is 9.34. The second-order valence-electron chi connectivity index (χ2n) is 4.16. The Labute approximate surface area is 82.7 Å². The molecule has 2 nitrogen and oxygen atoms in total. The number of unbranched alkanes of at least 4 members (excludes halogenated alkanes) is 1. The monoisotopic (exact) mass is 184 g/mol. The number of nitrogens with zero attached hydrogens (tertiary/aromatic N) is 1. The quantitative estimate of drug-likeness (QED) is 0.678. The van der Waals surface area contributed by atoms with E-state index in [1.165, 1.54) is 38.9 Å². The van der Waals surface area contributed by atoms with Crippen molar-refractivity contribution >= 4 is 0 Å². The van der Waals surface area contributed by atoms with E-state index in [-0.39, 0.29) is 0 Å². The lowest BCUT2D eigenvalue weighted by Gasteiger charge is -2.41. The number of hydrogen-bond donors (Lipinski definition) is 1. The first-order valence-electron chi connectivity index (χ1n) is 5.76. The van der Waals surface area contributed by atoms with Gasteiger partial charge in [0.2, 0.25) is 0 Å². The van der Waals surface area contributed by atoms with Gasteiger partial charge in [0.25, 0.3) is 0 Å². The van der Waals surface area contributed by atoms with Crippen LogP contribution >= 0.6 is 0 Å². The SMILES string of the molecule is CCCCN(C(C)CC)C1CNC1. The van der Waals surface area contributed by atoms with Crippen LogP contribution in [-0.2, 0) is 0 Å². The molecule has 13 heavy (non-hydrogen) atoms. The fourth-order valence-electron chi connectivity index (χ4n) is 1.85. The maximum absolute atomic E-state index is 3.36. The fourth-order valence-corrected chi connectivity index (χ4v) is 1.85.